The van der Waals surface area contributed by atoms with Crippen LogP contribution in [0.25, 0.3) is 0 Å². The Balaban J connectivity index is 0.000000149. The molecular weight excluding hydrogens is 1930 g/mol. The van der Waals surface area contributed by atoms with Crippen molar-refractivity contribution in [2.24, 2.45) is 0 Å². The molecule has 0 spiro atoms. The number of aryl methyl sites for hydroxylation is 3. The standard InChI is InChI=1S/C29H38ClFN7OP.C25H31ClN5O2P.C24H30ClN6OP.C24H29ClN5O2P/c1-20-17-26(38-11-9-21(10-12-38)37-15-13-36(2)14-16-37)23(31)18-25(20)34-29-32-19-22(30)28(35-29)33-24-7-5-6-8-27(24)40(3,4)39;1-18-16-19(33-15-14-31-12-6-7-13-31)10-11-21(18)29-25-27-17-20(26)24(30-25)28-22-8-4-5-9-23(22)34(2,3)32;1-17-15-18(31-13-11-30(2)12-14-31)9-10-20(17)28-24-26-16-19(25)23(29-24)27-21-7-5-6-8-22(21)33(3,4)32;1-30-14-12-19(13-15-30)32-18-10-8-17(9-11-18)27-24-26-16-20(25)23(29-24)28-21-6-4-5-7-22(21)33(2,3)31/h5-8,17-19,21H,9-16H2,1-4H3,(H2,32,33,34,35);4-5,8-11,16-17H,6-7,12-15H2,1-3H3,(H2,27,28,29,30);5-10,15-16H,11-14H2,1-4H3,(H2,26,27,28,29);4-11,16,19H,12-15H2,1-3H3,(H2,26,27,28,29). The van der Waals surface area contributed by atoms with E-state index in [1.54, 1.807) is 65.7 Å². The van der Waals surface area contributed by atoms with Gasteiger partial charge in [0.05, 0.1) is 53.2 Å². The second kappa shape index (κ2) is 48.0. The highest BCUT2D eigenvalue weighted by molar-refractivity contribution is 7.71. The summed E-state index contributed by atoms with van der Waals surface area (Å²) in [4.78, 5) is 52.1. The Morgan fingerprint density at radius 3 is 1.16 bits per heavy atom. The number of hydrogen-bond acceptors (Lipinski definition) is 29. The van der Waals surface area contributed by atoms with Gasteiger partial charge in [-0.15, -0.1) is 0 Å². The van der Waals surface area contributed by atoms with Crippen LogP contribution in [0.5, 0.6) is 11.5 Å². The Labute approximate surface area is 842 Å². The normalized spacial score (nSPS) is 15.6. The Morgan fingerprint density at radius 2 is 0.743 bits per heavy atom. The van der Waals surface area contributed by atoms with Crippen molar-refractivity contribution >= 4 is 200 Å². The molecule has 0 radical (unpaired) electrons. The fourth-order valence-electron chi connectivity index (χ4n) is 17.1. The summed E-state index contributed by atoms with van der Waals surface area (Å²) in [6.07, 6.45) is 13.1. The third-order valence-corrected chi connectivity index (χ3v) is 32.4. The molecule has 9 heterocycles. The van der Waals surface area contributed by atoms with E-state index < -0.39 is 28.6 Å². The van der Waals surface area contributed by atoms with E-state index in [1.165, 1.54) is 50.1 Å². The van der Waals surface area contributed by atoms with Gasteiger partial charge in [-0.3, -0.25) is 9.80 Å². The molecule has 5 fully saturated rings. The molecule has 140 heavy (non-hydrogen) atoms. The van der Waals surface area contributed by atoms with Crippen molar-refractivity contribution in [2.45, 2.75) is 71.4 Å². The summed E-state index contributed by atoms with van der Waals surface area (Å²) in [6.45, 7) is 36.4. The first-order chi connectivity index (χ1) is 66.8. The monoisotopic (exact) mass is 2050 g/mol. The molecule has 0 atom stereocenters. The third-order valence-electron chi connectivity index (χ3n) is 25.0. The zero-order chi connectivity index (χ0) is 99.6. The van der Waals surface area contributed by atoms with Gasteiger partial charge in [0.15, 0.2) is 23.3 Å². The minimum absolute atomic E-state index is 0.262. The molecule has 29 nitrogen and oxygen atoms in total. The molecule has 5 aliphatic heterocycles. The fraction of sp³-hybridized carbons (Fsp3) is 0.373. The van der Waals surface area contributed by atoms with E-state index in [0.29, 0.717) is 108 Å². The van der Waals surface area contributed by atoms with E-state index in [-0.39, 0.29) is 17.9 Å². The lowest BCUT2D eigenvalue weighted by Gasteiger charge is -2.42. The van der Waals surface area contributed by atoms with Crippen molar-refractivity contribution in [2.75, 3.05) is 232 Å². The van der Waals surface area contributed by atoms with E-state index in [1.807, 2.05) is 159 Å². The first-order valence-corrected chi connectivity index (χ1v) is 59.1. The Bertz CT molecular complexity index is 6460. The number of anilines is 18. The second-order valence-electron chi connectivity index (χ2n) is 37.5. The van der Waals surface area contributed by atoms with E-state index in [0.717, 1.165) is 178 Å². The number of nitrogens with one attached hydrogen (secondary N) is 8. The van der Waals surface area contributed by atoms with Gasteiger partial charge in [0.2, 0.25) is 23.8 Å². The molecule has 8 N–H and O–H groups in total. The highest BCUT2D eigenvalue weighted by atomic mass is 35.5. The number of likely N-dealkylation sites (tertiary alicyclic amines) is 2. The molecule has 38 heteroatoms. The van der Waals surface area contributed by atoms with E-state index >= 15 is 4.39 Å². The number of halogens is 5. The van der Waals surface area contributed by atoms with Crippen LogP contribution in [0.3, 0.4) is 0 Å². The Hall–Kier alpha value is -10.5. The van der Waals surface area contributed by atoms with Gasteiger partial charge in [-0.2, -0.15) is 19.9 Å². The molecule has 0 aliphatic carbocycles. The molecule has 8 aromatic carbocycles. The lowest BCUT2D eigenvalue weighted by Crippen LogP contribution is -2.52. The molecular formula is C102H128Cl4FN23O6P4. The number of ether oxygens (including phenoxy) is 2. The number of rotatable bonds is 29. The molecule has 0 amide bonds. The smallest absolute Gasteiger partial charge is 0.229 e. The van der Waals surface area contributed by atoms with E-state index in [9.17, 15) is 18.3 Å². The largest absolute Gasteiger partial charge is 0.492 e. The average molecular weight is 2060 g/mol. The predicted octanol–water partition coefficient (Wildman–Crippen LogP) is 21.4. The molecule has 0 unspecified atom stereocenters. The number of piperidine rings is 2. The summed E-state index contributed by atoms with van der Waals surface area (Å²) in [5.41, 5.74) is 11.0. The van der Waals surface area contributed by atoms with Gasteiger partial charge < -0.3 is 94.8 Å². The van der Waals surface area contributed by atoms with Crippen LogP contribution in [0.2, 0.25) is 20.1 Å². The van der Waals surface area contributed by atoms with Gasteiger partial charge in [0.1, 0.15) is 78.7 Å². The van der Waals surface area contributed by atoms with Gasteiger partial charge >= 0.3 is 0 Å². The van der Waals surface area contributed by atoms with E-state index in [2.05, 4.69) is 163 Å². The highest BCUT2D eigenvalue weighted by Gasteiger charge is 2.31. The quantitative estimate of drug-likeness (QED) is 0.0202. The van der Waals surface area contributed by atoms with Gasteiger partial charge in [0.25, 0.3) is 0 Å². The lowest BCUT2D eigenvalue weighted by atomic mass is 10.0. The van der Waals surface area contributed by atoms with Gasteiger partial charge in [-0.25, -0.2) is 24.3 Å². The Kier molecular flexibility index (Phi) is 36.1. The van der Waals surface area contributed by atoms with Crippen LogP contribution in [0.4, 0.5) is 108 Å². The van der Waals surface area contributed by atoms with Crippen molar-refractivity contribution in [3.63, 3.8) is 0 Å². The number of hydrogen-bond donors (Lipinski definition) is 8. The first kappa shape index (κ1) is 105. The number of likely N-dealkylation sites (N-methyl/N-ethyl adjacent to an activating group) is 2. The fourth-order valence-corrected chi connectivity index (χ4v) is 22.3. The SMILES string of the molecule is CN1CCC(Oc2ccc(Nc3ncc(Cl)c(Nc4ccccc4P(C)(C)=O)n3)cc2)CC1.Cc1cc(N2CCC(N3CCN(C)CC3)CC2)c(F)cc1Nc1ncc(Cl)c(Nc2ccccc2P(C)(C)=O)n1.Cc1cc(N2CCN(C)CC2)ccc1Nc1ncc(Cl)c(Nc2ccccc2P(C)(C)=O)n1.Cc1cc(OCCN2CCCC2)ccc1Nc1ncc(Cl)c(Nc2ccccc2P(C)(C)=O)n1. The molecule has 17 rings (SSSR count). The summed E-state index contributed by atoms with van der Waals surface area (Å²) in [5, 5.41) is 30.2. The highest BCUT2D eigenvalue weighted by Crippen LogP contribution is 2.44. The average Bonchev–Trinajstić information content (AvgIpc) is 0.873. The number of nitrogens with zero attached hydrogens (tertiary/aromatic N) is 15. The first-order valence-electron chi connectivity index (χ1n) is 47.1. The minimum atomic E-state index is -2.53. The maximum atomic E-state index is 15.4. The number of aromatic nitrogens is 8. The van der Waals surface area contributed by atoms with Crippen LogP contribution in [-0.4, -0.2) is 256 Å². The Morgan fingerprint density at radius 1 is 0.371 bits per heavy atom. The summed E-state index contributed by atoms with van der Waals surface area (Å²) in [5.74, 6) is 4.68. The van der Waals surface area contributed by atoms with Crippen molar-refractivity contribution in [1.82, 2.24) is 64.4 Å². The number of para-hydroxylation sites is 4. The van der Waals surface area contributed by atoms with Crippen LogP contribution < -0.4 is 83.0 Å². The maximum Gasteiger partial charge on any atom is 0.229 e. The third kappa shape index (κ3) is 29.6. The lowest BCUT2D eigenvalue weighted by molar-refractivity contribution is 0.0981. The molecule has 5 aliphatic rings. The van der Waals surface area contributed by atoms with Crippen LogP contribution in [0.1, 0.15) is 55.2 Å². The predicted molar refractivity (Wildman–Crippen MR) is 583 cm³/mol. The molecule has 742 valence electrons. The summed E-state index contributed by atoms with van der Waals surface area (Å²) < 4.78 is 78.3. The molecule has 12 aromatic rings. The summed E-state index contributed by atoms with van der Waals surface area (Å²) >= 11 is 25.5. The number of benzene rings is 8. The van der Waals surface area contributed by atoms with Crippen molar-refractivity contribution in [3.8, 4) is 11.5 Å². The van der Waals surface area contributed by atoms with Gasteiger partial charge in [0, 0.05) is 141 Å². The molecule has 5 saturated heterocycles. The summed E-state index contributed by atoms with van der Waals surface area (Å²) in [7, 11) is -3.48. The topological polar surface area (TPSA) is 309 Å². The zero-order valence-corrected chi connectivity index (χ0v) is 88.6. The van der Waals surface area contributed by atoms with Crippen LogP contribution >= 0.6 is 75.0 Å². The zero-order valence-electron chi connectivity index (χ0n) is 82.0. The molecule has 0 bridgehead atoms. The summed E-state index contributed by atoms with van der Waals surface area (Å²) in [6, 6.07) is 53.9. The van der Waals surface area contributed by atoms with Gasteiger partial charge in [-0.1, -0.05) is 94.9 Å². The van der Waals surface area contributed by atoms with Crippen LogP contribution in [-0.2, 0) is 18.3 Å². The van der Waals surface area contributed by atoms with Crippen LogP contribution in [0, 0.1) is 26.6 Å². The van der Waals surface area contributed by atoms with Crippen LogP contribution in [0.15, 0.2) is 195 Å². The van der Waals surface area contributed by atoms with Gasteiger partial charge in [-0.05, 0) is 285 Å². The van der Waals surface area contributed by atoms with E-state index in [4.69, 9.17) is 55.9 Å². The molecule has 4 aromatic heterocycles. The molecule has 0 saturated carbocycles. The number of piperazine rings is 2. The van der Waals surface area contributed by atoms with Crippen molar-refractivity contribution in [3.05, 3.63) is 237 Å². The second-order valence-corrected chi connectivity index (χ2v) is 51.9. The maximum absolute atomic E-state index is 15.4. The van der Waals surface area contributed by atoms with Crippen molar-refractivity contribution in [1.29, 1.82) is 0 Å². The van der Waals surface area contributed by atoms with Crippen molar-refractivity contribution < 1.29 is 32.1 Å². The minimum Gasteiger partial charge on any atom is -0.492 e.